The Labute approximate surface area is 187 Å². The van der Waals surface area contributed by atoms with Gasteiger partial charge in [0.25, 0.3) is 0 Å². The zero-order chi connectivity index (χ0) is 22.5. The van der Waals surface area contributed by atoms with Gasteiger partial charge in [-0.3, -0.25) is 0 Å². The first-order valence-corrected chi connectivity index (χ1v) is 11.4. The van der Waals surface area contributed by atoms with E-state index in [1.807, 2.05) is 64.1 Å². The van der Waals surface area contributed by atoms with Crippen LogP contribution in [0.15, 0.2) is 47.0 Å². The summed E-state index contributed by atoms with van der Waals surface area (Å²) in [6.45, 7) is 9.93. The molecule has 166 valence electrons. The number of thioether (sulfide) groups is 1. The molecule has 1 aromatic heterocycles. The van der Waals surface area contributed by atoms with Crippen molar-refractivity contribution in [3.63, 3.8) is 0 Å². The predicted octanol–water partition coefficient (Wildman–Crippen LogP) is 3.66. The summed E-state index contributed by atoms with van der Waals surface area (Å²) in [4.78, 5) is 12.5. The average molecular weight is 444 g/mol. The summed E-state index contributed by atoms with van der Waals surface area (Å²) in [6, 6.07) is 9.76. The highest BCUT2D eigenvalue weighted by molar-refractivity contribution is 7.99. The van der Waals surface area contributed by atoms with Crippen LogP contribution in [0.2, 0.25) is 0 Å². The van der Waals surface area contributed by atoms with Gasteiger partial charge >= 0.3 is 13.1 Å². The molecule has 0 atom stereocenters. The molecular weight excluding hydrogens is 415 g/mol. The number of para-hydroxylation sites is 1. The largest absolute Gasteiger partial charge is 0.502 e. The van der Waals surface area contributed by atoms with Crippen LogP contribution in [0.3, 0.4) is 0 Å². The molecule has 0 aliphatic carbocycles. The molecule has 31 heavy (non-hydrogen) atoms. The summed E-state index contributed by atoms with van der Waals surface area (Å²) in [5.74, 6) is 0.394. The van der Waals surface area contributed by atoms with Crippen LogP contribution in [-0.2, 0) is 18.8 Å². The number of carbonyl (C=O) groups excluding carboxylic acids is 1. The smallest absolute Gasteiger partial charge is 0.463 e. The van der Waals surface area contributed by atoms with Gasteiger partial charge in [0.2, 0.25) is 5.16 Å². The van der Waals surface area contributed by atoms with Gasteiger partial charge in [-0.1, -0.05) is 36.0 Å². The van der Waals surface area contributed by atoms with Crippen LogP contribution in [0.5, 0.6) is 0 Å². The molecular formula is C21H29BN4O4S. The van der Waals surface area contributed by atoms with Crippen molar-refractivity contribution in [2.75, 3.05) is 12.4 Å². The summed E-state index contributed by atoms with van der Waals surface area (Å²) in [7, 11) is -0.734. The molecule has 1 fully saturated rings. The molecule has 0 unspecified atom stereocenters. The summed E-state index contributed by atoms with van der Waals surface area (Å²) in [5.41, 5.74) is 0.293. The minimum absolute atomic E-state index is 0.299. The Balaban J connectivity index is 1.60. The molecule has 0 amide bonds. The molecule has 2 heterocycles. The molecule has 1 aromatic carbocycles. The fourth-order valence-electron chi connectivity index (χ4n) is 2.96. The molecule has 1 aliphatic heterocycles. The van der Waals surface area contributed by atoms with Crippen LogP contribution in [0.4, 0.5) is 0 Å². The number of allylic oxidation sites excluding steroid dienone is 1. The van der Waals surface area contributed by atoms with Crippen molar-refractivity contribution in [1.82, 2.24) is 20.2 Å². The Bertz CT molecular complexity index is 901. The van der Waals surface area contributed by atoms with E-state index in [-0.39, 0.29) is 0 Å². The molecule has 3 rings (SSSR count). The molecule has 0 N–H and O–H groups in total. The van der Waals surface area contributed by atoms with Crippen LogP contribution in [0, 0.1) is 0 Å². The first kappa shape index (κ1) is 23.5. The van der Waals surface area contributed by atoms with Crippen molar-refractivity contribution >= 4 is 24.8 Å². The van der Waals surface area contributed by atoms with Crippen molar-refractivity contribution in [2.24, 2.45) is 0 Å². The Kier molecular flexibility index (Phi) is 7.56. The second-order valence-corrected chi connectivity index (χ2v) is 9.23. The second-order valence-electron chi connectivity index (χ2n) is 8.17. The quantitative estimate of drug-likeness (QED) is 0.190. The lowest BCUT2D eigenvalue weighted by Crippen LogP contribution is -2.41. The van der Waals surface area contributed by atoms with E-state index < -0.39 is 24.3 Å². The normalized spacial score (nSPS) is 17.7. The van der Waals surface area contributed by atoms with Crippen molar-refractivity contribution in [2.45, 2.75) is 63.8 Å². The third-order valence-electron chi connectivity index (χ3n) is 5.40. The molecule has 0 saturated carbocycles. The number of hydrogen-bond donors (Lipinski definition) is 0. The van der Waals surface area contributed by atoms with Gasteiger partial charge in [0.15, 0.2) is 0 Å². The van der Waals surface area contributed by atoms with Crippen molar-refractivity contribution in [1.29, 1.82) is 0 Å². The minimum atomic E-state index is -0.734. The number of unbranched alkanes of at least 4 members (excludes halogenated alkanes) is 1. The van der Waals surface area contributed by atoms with Gasteiger partial charge in [0.05, 0.1) is 29.0 Å². The zero-order valence-corrected chi connectivity index (χ0v) is 19.5. The van der Waals surface area contributed by atoms with E-state index in [0.717, 1.165) is 23.0 Å². The van der Waals surface area contributed by atoms with E-state index in [2.05, 4.69) is 15.5 Å². The number of nitrogens with zero attached hydrogens (tertiary/aromatic N) is 4. The van der Waals surface area contributed by atoms with E-state index in [4.69, 9.17) is 14.0 Å². The van der Waals surface area contributed by atoms with Gasteiger partial charge in [0, 0.05) is 5.75 Å². The highest BCUT2D eigenvalue weighted by Gasteiger charge is 2.53. The summed E-state index contributed by atoms with van der Waals surface area (Å²) in [6.07, 6.45) is 3.37. The van der Waals surface area contributed by atoms with Crippen molar-refractivity contribution in [3.05, 3.63) is 41.9 Å². The Hall–Kier alpha value is -2.17. The van der Waals surface area contributed by atoms with Crippen LogP contribution in [-0.4, -0.2) is 56.9 Å². The minimum Gasteiger partial charge on any atom is -0.463 e. The first-order chi connectivity index (χ1) is 14.7. The molecule has 0 radical (unpaired) electrons. The van der Waals surface area contributed by atoms with Crippen LogP contribution in [0.1, 0.15) is 47.5 Å². The molecule has 1 saturated heterocycles. The van der Waals surface area contributed by atoms with E-state index in [0.29, 0.717) is 18.5 Å². The maximum Gasteiger partial charge on any atom is 0.502 e. The summed E-state index contributed by atoms with van der Waals surface area (Å²) in [5, 5.41) is 12.7. The van der Waals surface area contributed by atoms with Gasteiger partial charge in [-0.15, -0.1) is 5.10 Å². The van der Waals surface area contributed by atoms with E-state index >= 15 is 0 Å². The Morgan fingerprint density at radius 3 is 2.52 bits per heavy atom. The molecule has 1 aliphatic rings. The second kappa shape index (κ2) is 9.97. The van der Waals surface area contributed by atoms with Crippen LogP contribution < -0.4 is 0 Å². The van der Waals surface area contributed by atoms with Gasteiger partial charge < -0.3 is 14.0 Å². The maximum atomic E-state index is 12.5. The summed E-state index contributed by atoms with van der Waals surface area (Å²) < 4.78 is 19.0. The van der Waals surface area contributed by atoms with Gasteiger partial charge in [-0.25, -0.2) is 4.79 Å². The number of aromatic nitrogens is 4. The predicted molar refractivity (Wildman–Crippen MR) is 120 cm³/mol. The van der Waals surface area contributed by atoms with Crippen LogP contribution in [0.25, 0.3) is 5.69 Å². The van der Waals surface area contributed by atoms with Gasteiger partial charge in [-0.05, 0) is 70.0 Å². The number of rotatable bonds is 9. The lowest BCUT2D eigenvalue weighted by molar-refractivity contribution is -0.138. The lowest BCUT2D eigenvalue weighted by Gasteiger charge is -2.32. The standard InChI is InChI=1S/C21H29BN4O4S/c1-6-28-18(27)17(22-29-20(2,3)21(4,5)30-22)14-10-11-15-31-19-23-24-25-26(19)16-12-8-7-9-13-16/h7-9,12-14H,6,10-11,15H2,1-5H3/b17-14+. The van der Waals surface area contributed by atoms with E-state index in [9.17, 15) is 4.79 Å². The molecule has 2 aromatic rings. The molecule has 10 heteroatoms. The van der Waals surface area contributed by atoms with Crippen molar-refractivity contribution in [3.8, 4) is 5.69 Å². The van der Waals surface area contributed by atoms with E-state index in [1.165, 1.54) is 0 Å². The zero-order valence-electron chi connectivity index (χ0n) is 18.7. The number of hydrogen-bond acceptors (Lipinski definition) is 8. The SMILES string of the molecule is CCOC(=O)/C(=C\CCCSc1nnnn1-c1ccccc1)B1OC(C)(C)C(C)(C)O1. The highest BCUT2D eigenvalue weighted by atomic mass is 32.2. The number of carbonyl (C=O) groups is 1. The van der Waals surface area contributed by atoms with E-state index in [1.54, 1.807) is 23.4 Å². The maximum absolute atomic E-state index is 12.5. The number of tetrazole rings is 1. The van der Waals surface area contributed by atoms with Gasteiger partial charge in [-0.2, -0.15) is 4.68 Å². The molecule has 8 nitrogen and oxygen atoms in total. The third kappa shape index (κ3) is 5.55. The molecule has 0 bridgehead atoms. The molecule has 0 spiro atoms. The van der Waals surface area contributed by atoms with Gasteiger partial charge in [0.1, 0.15) is 0 Å². The fourth-order valence-corrected chi connectivity index (χ4v) is 3.82. The number of benzene rings is 1. The average Bonchev–Trinajstić information content (AvgIpc) is 3.26. The summed E-state index contributed by atoms with van der Waals surface area (Å²) >= 11 is 1.57. The number of ether oxygens (including phenoxy) is 1. The fraction of sp³-hybridized carbons (Fsp3) is 0.524. The lowest BCUT2D eigenvalue weighted by atomic mass is 9.77. The number of esters is 1. The van der Waals surface area contributed by atoms with Crippen LogP contribution >= 0.6 is 11.8 Å². The Morgan fingerprint density at radius 2 is 1.87 bits per heavy atom. The van der Waals surface area contributed by atoms with Crippen molar-refractivity contribution < 1.29 is 18.8 Å². The topological polar surface area (TPSA) is 88.4 Å². The Morgan fingerprint density at radius 1 is 1.19 bits per heavy atom. The highest BCUT2D eigenvalue weighted by Crippen LogP contribution is 2.38. The first-order valence-electron chi connectivity index (χ1n) is 10.4. The third-order valence-corrected chi connectivity index (χ3v) is 6.41. The monoisotopic (exact) mass is 444 g/mol.